The van der Waals surface area contributed by atoms with Crippen LogP contribution in [0.5, 0.6) is 23.5 Å². The number of hydrogen-bond acceptors (Lipinski definition) is 26. The first-order valence-corrected chi connectivity index (χ1v) is 49.3. The maximum absolute atomic E-state index is 13.4. The molecule has 0 unspecified atom stereocenters. The summed E-state index contributed by atoms with van der Waals surface area (Å²) < 4.78 is 152. The summed E-state index contributed by atoms with van der Waals surface area (Å²) in [4.78, 5) is 80.2. The molecule has 0 atom stereocenters. The van der Waals surface area contributed by atoms with Gasteiger partial charge >= 0.3 is 138 Å². The molecular weight excluding hydrogens is 2190 g/mol. The third-order valence-corrected chi connectivity index (χ3v) is 20.6. The second-order valence-corrected chi connectivity index (χ2v) is 41.7. The fourth-order valence-electron chi connectivity index (χ4n) is 12.6. The van der Waals surface area contributed by atoms with Crippen LogP contribution in [0.3, 0.4) is 0 Å². The first kappa shape index (κ1) is 115. The largest absolute Gasteiger partial charge is 1.00 e. The van der Waals surface area contributed by atoms with Gasteiger partial charge in [-0.25, -0.2) is 63.8 Å². The third-order valence-electron chi connectivity index (χ3n) is 18.4. The number of aryl methyl sites for hydroxylation is 5. The molecule has 0 aliphatic rings. The van der Waals surface area contributed by atoms with Gasteiger partial charge in [0.05, 0.1) is 44.8 Å². The van der Waals surface area contributed by atoms with E-state index in [-0.39, 0.29) is 213 Å². The monoisotopic (exact) mass is 2280 g/mol. The quantitative estimate of drug-likeness (QED) is 0.0202. The second kappa shape index (κ2) is 53.2. The predicted octanol–water partition coefficient (Wildman–Crippen LogP) is 6.64. The maximum Gasteiger partial charge on any atom is 1.00 e. The van der Waals surface area contributed by atoms with E-state index >= 15 is 0 Å². The number of aliphatic hydroxyl groups excluding tert-OH is 1. The summed E-state index contributed by atoms with van der Waals surface area (Å²) in [5, 5.41) is 66.7. The van der Waals surface area contributed by atoms with E-state index in [2.05, 4.69) is 166 Å². The molecule has 0 aliphatic heterocycles. The zero-order valence-electron chi connectivity index (χ0n) is 80.2. The molecule has 736 valence electrons. The fourth-order valence-corrected chi connectivity index (χ4v) is 14.1. The topological polar surface area (TPSA) is 426 Å². The number of ether oxygens (including phenoxy) is 4. The molecule has 0 saturated carbocycles. The van der Waals surface area contributed by atoms with Crippen LogP contribution < -0.4 is 184 Å². The van der Waals surface area contributed by atoms with Gasteiger partial charge in [-0.2, -0.15) is 69.7 Å². The number of pyridine rings is 4. The molecule has 0 fully saturated rings. The van der Waals surface area contributed by atoms with Crippen LogP contribution in [0.2, 0.25) is 44.3 Å². The number of H-pyrrole nitrogens is 2. The van der Waals surface area contributed by atoms with E-state index in [1.165, 1.54) is 61.3 Å². The fraction of sp³-hybridized carbons (Fsp3) is 0.237. The number of halogens is 11. The van der Waals surface area contributed by atoms with Crippen molar-refractivity contribution in [3.05, 3.63) is 245 Å². The van der Waals surface area contributed by atoms with Crippen LogP contribution >= 0.6 is 11.6 Å². The maximum atomic E-state index is 13.4. The Bertz CT molecular complexity index is 8090. The number of nitrogens with one attached hydrogen (secondary N) is 2. The molecule has 0 radical (unpaired) electrons. The Balaban J connectivity index is 0.000000219. The first-order chi connectivity index (χ1) is 67.6. The van der Waals surface area contributed by atoms with Gasteiger partial charge in [-0.1, -0.05) is 68.6 Å². The van der Waals surface area contributed by atoms with Crippen LogP contribution in [-0.2, 0) is 37.9 Å². The van der Waals surface area contributed by atoms with Gasteiger partial charge in [-0.15, -0.1) is 23.4 Å². The smallest absolute Gasteiger partial charge is 1.00 e. The summed E-state index contributed by atoms with van der Waals surface area (Å²) in [7, 11) is 4.39. The van der Waals surface area contributed by atoms with E-state index in [9.17, 15) is 63.1 Å². The molecule has 36 nitrogen and oxygen atoms in total. The number of nitrogens with zero attached hydrogens (tertiary/aromatic N) is 22. The zero-order valence-corrected chi connectivity index (χ0v) is 94.5. The van der Waals surface area contributed by atoms with E-state index in [1.807, 2.05) is 70.9 Å². The summed E-state index contributed by atoms with van der Waals surface area (Å²) in [6.45, 7) is 12.3. The van der Waals surface area contributed by atoms with E-state index < -0.39 is 104 Å². The van der Waals surface area contributed by atoms with Gasteiger partial charge in [0, 0.05) is 117 Å². The molecule has 0 amide bonds. The standard InChI is InChI=1S/C22H15F2N7O2.C22H21F2N5O2Si.C19H13F2N5O2.C17H12ClF2N5O2.C6H12Si.C4H6N2.C2H4F2O.CH2O3.2Cs.H/c1-30-11-13-10-15(3-5-17(13)28-30)31-22(32)16(4-2-14-8-9-25-27-14)21-18(29-31)6-7-20(26-21)33-12-19(23)24;1-28-12-14-11-15(5-6-17(14)26-28)29-22(30)16(9-10-32(2,3)4)21-18(27-29)7-8-20(25-21)31-13-19(23)24;1-3-13-18-15(6-7-17(22-18)28-10-16(20)21)24-26(19(13)27)12-4-5-14-11(8-12)9-25(2)23-14;1-24-7-9-6-10(2-3-11(9)22-24)25-17(26)15(18)16-12(23-25)4-5-14(21-16)27-8-13(19)20;1-5-6-7(2,3)4;1-4-2-3-5-6-4;3-2(4)1-5;2-1-4-3;;;/h3,5-11,19H,12H2,1H3,(H,25,27);5-8,11-12,19H,13H2,1-4H3;1,4-9,16H,10H2,2H3;2-7,13H,8H2,1H3;1-4H3;2-3H,1H3,(H,5,6);2,5H,1H2;1,3H;;;/q;;;;;;;;2*+1;-1/p-1. The molecule has 0 aliphatic carbocycles. The Hall–Kier alpha value is -12.7. The van der Waals surface area contributed by atoms with Gasteiger partial charge in [0.1, 0.15) is 94.3 Å². The molecule has 0 spiro atoms. The summed E-state index contributed by atoms with van der Waals surface area (Å²) in [6, 6.07) is 36.6. The number of fused-ring (bicyclic) bond motifs is 8. The molecule has 3 N–H and O–H groups in total. The van der Waals surface area contributed by atoms with Gasteiger partial charge < -0.3 is 35.6 Å². The summed E-state index contributed by atoms with van der Waals surface area (Å²) in [5.74, 6) is 13.7. The van der Waals surface area contributed by atoms with Crippen molar-refractivity contribution in [2.75, 3.05) is 33.0 Å². The molecule has 14 heterocycles. The molecule has 4 aromatic carbocycles. The predicted molar refractivity (Wildman–Crippen MR) is 513 cm³/mol. The number of rotatable bonds is 18. The van der Waals surface area contributed by atoms with Gasteiger partial charge in [0.25, 0.3) is 60.8 Å². The van der Waals surface area contributed by atoms with Crippen LogP contribution in [0.15, 0.2) is 190 Å². The van der Waals surface area contributed by atoms with E-state index in [4.69, 9.17) is 52.1 Å². The number of carbonyl (C=O) groups excluding carboxylic acids is 1. The van der Waals surface area contributed by atoms with E-state index in [0.717, 1.165) is 49.3 Å². The summed E-state index contributed by atoms with van der Waals surface area (Å²) in [5.41, 5.74) is 13.3. The van der Waals surface area contributed by atoms with Crippen molar-refractivity contribution in [1.29, 1.82) is 0 Å². The third kappa shape index (κ3) is 32.1. The number of benzene rings is 4. The van der Waals surface area contributed by atoms with Crippen molar-refractivity contribution in [1.82, 2.24) is 119 Å². The van der Waals surface area contributed by atoms with Crippen molar-refractivity contribution in [3.63, 3.8) is 0 Å². The first-order valence-electron chi connectivity index (χ1n) is 41.9. The molecule has 18 aromatic rings. The van der Waals surface area contributed by atoms with Crippen molar-refractivity contribution in [3.8, 4) is 93.4 Å². The number of hydrogen-bond donors (Lipinski definition) is 3. The number of carbonyl (C=O) groups is 1. The molecule has 51 heteroatoms. The van der Waals surface area contributed by atoms with Gasteiger partial charge in [-0.3, -0.25) is 52.9 Å². The summed E-state index contributed by atoms with van der Waals surface area (Å²) >= 11 is 6.18. The van der Waals surface area contributed by atoms with Crippen LogP contribution in [0.25, 0.3) is 110 Å². The van der Waals surface area contributed by atoms with Gasteiger partial charge in [0.15, 0.2) is 26.4 Å². The molecule has 0 saturated heterocycles. The molecule has 18 rings (SSSR count). The van der Waals surface area contributed by atoms with Crippen LogP contribution in [0.1, 0.15) is 36.4 Å². The Kier molecular flexibility index (Phi) is 42.5. The number of aromatic amines is 2. The van der Waals surface area contributed by atoms with E-state index in [0.29, 0.717) is 50.5 Å². The number of aromatic nitrogens is 24. The Morgan fingerprint density at radius 1 is 0.431 bits per heavy atom. The minimum Gasteiger partial charge on any atom is -1.00 e. The zero-order chi connectivity index (χ0) is 103. The van der Waals surface area contributed by atoms with Crippen molar-refractivity contribution in [2.45, 2.75) is 85.3 Å². The molecular formula is C93H85ClCs2F10N24O12Si2. The summed E-state index contributed by atoms with van der Waals surface area (Å²) in [6.07, 6.45) is 2.99. The van der Waals surface area contributed by atoms with Crippen LogP contribution in [0.4, 0.5) is 43.9 Å². The van der Waals surface area contributed by atoms with Crippen molar-refractivity contribution >= 4 is 122 Å². The number of terminal acetylenes is 1. The minimum absolute atomic E-state index is 0. The SMILES string of the molecule is C#Cc1c(=O)n(-c2ccc3nn(C)cc3c2)nc2ccc(OCC(F)F)nc12.CC#C[Si](C)(C)C.Cc1ccn[nH]1.Cn1cc2cc(-n3nc4ccc(OCC(F)F)nc4c(C#C[Si](C)(C)C)c3=O)ccc2n1.Cn1cc2cc(-n3nc4ccc(OCC(F)F)nc4c(C#Cc4ccn[nH]4)c3=O)ccc2n1.Cn1cc2cc(-n3nc4ccc(OCC(F)F)nc4c(Cl)c3=O)ccc2n1.O=CO[O-].OCC(F)F.[Cs+].[Cs+].[H-]. The van der Waals surface area contributed by atoms with Gasteiger partial charge in [0.2, 0.25) is 23.5 Å². The van der Waals surface area contributed by atoms with Gasteiger partial charge in [-0.05, 0) is 129 Å². The minimum atomic E-state index is -2.66. The van der Waals surface area contributed by atoms with Crippen molar-refractivity contribution in [2.24, 2.45) is 28.2 Å². The van der Waals surface area contributed by atoms with Crippen molar-refractivity contribution < 1.29 is 222 Å². The average Bonchev–Trinajstić information content (AvgIpc) is 1.73. The molecule has 14 aromatic heterocycles. The Labute approximate surface area is 936 Å². The average molecular weight is 2280 g/mol. The Morgan fingerprint density at radius 3 is 1.00 bits per heavy atom. The number of alkyl halides is 10. The molecule has 0 bridgehead atoms. The van der Waals surface area contributed by atoms with Crippen LogP contribution in [-0.4, -0.2) is 211 Å². The molecule has 144 heavy (non-hydrogen) atoms. The Morgan fingerprint density at radius 2 is 0.729 bits per heavy atom. The van der Waals surface area contributed by atoms with Crippen LogP contribution in [0, 0.1) is 54.0 Å². The normalized spacial score (nSPS) is 10.8. The van der Waals surface area contributed by atoms with E-state index in [1.54, 1.807) is 118 Å². The second-order valence-electron chi connectivity index (χ2n) is 31.9. The number of aliphatic hydroxyl groups is 1.